The van der Waals surface area contributed by atoms with Gasteiger partial charge in [-0.3, -0.25) is 0 Å². The van der Waals surface area contributed by atoms with Crippen LogP contribution in [0.2, 0.25) is 0 Å². The molecule has 17 heavy (non-hydrogen) atoms. The minimum absolute atomic E-state index is 0.0604. The minimum atomic E-state index is -0.0604. The highest BCUT2D eigenvalue weighted by Crippen LogP contribution is 2.33. The first kappa shape index (κ1) is 13.3. The molecule has 2 N–H and O–H groups in total. The molecule has 3 nitrogen and oxygen atoms in total. The van der Waals surface area contributed by atoms with Crippen molar-refractivity contribution in [1.82, 2.24) is 5.32 Å². The molecule has 0 amide bonds. The van der Waals surface area contributed by atoms with Crippen molar-refractivity contribution in [3.63, 3.8) is 0 Å². The summed E-state index contributed by atoms with van der Waals surface area (Å²) in [5.74, 6) is 0.804. The third kappa shape index (κ3) is 3.43. The van der Waals surface area contributed by atoms with E-state index < -0.39 is 0 Å². The highest BCUT2D eigenvalue weighted by atomic mass is 16.5. The van der Waals surface area contributed by atoms with Gasteiger partial charge in [0.2, 0.25) is 0 Å². The van der Waals surface area contributed by atoms with E-state index >= 15 is 0 Å². The number of rotatable bonds is 6. The fourth-order valence-corrected chi connectivity index (χ4v) is 3.40. The van der Waals surface area contributed by atoms with Crippen LogP contribution in [-0.4, -0.2) is 36.5 Å². The van der Waals surface area contributed by atoms with E-state index in [1.165, 1.54) is 25.7 Å². The second-order valence-electron chi connectivity index (χ2n) is 5.82. The highest BCUT2D eigenvalue weighted by Gasteiger charge is 2.38. The zero-order valence-electron chi connectivity index (χ0n) is 11.1. The summed E-state index contributed by atoms with van der Waals surface area (Å²) < 4.78 is 6.04. The van der Waals surface area contributed by atoms with Gasteiger partial charge in [0.1, 0.15) is 0 Å². The lowest BCUT2D eigenvalue weighted by atomic mass is 9.99. The van der Waals surface area contributed by atoms with Crippen LogP contribution in [0.3, 0.4) is 0 Å². The molecule has 0 aliphatic heterocycles. The fourth-order valence-electron chi connectivity index (χ4n) is 3.40. The number of aliphatic hydroxyl groups excluding tert-OH is 1. The summed E-state index contributed by atoms with van der Waals surface area (Å²) in [6.45, 7) is 4.21. The van der Waals surface area contributed by atoms with Gasteiger partial charge in [-0.1, -0.05) is 19.8 Å². The van der Waals surface area contributed by atoms with Crippen LogP contribution in [0.1, 0.15) is 51.9 Å². The molecule has 0 bridgehead atoms. The number of nitrogens with one attached hydrogen (secondary N) is 1. The first-order valence-corrected chi connectivity index (χ1v) is 7.25. The second kappa shape index (κ2) is 6.17. The summed E-state index contributed by atoms with van der Waals surface area (Å²) in [5.41, 5.74) is -0.0604. The van der Waals surface area contributed by atoms with Crippen molar-refractivity contribution in [1.29, 1.82) is 0 Å². The molecule has 0 radical (unpaired) electrons. The lowest BCUT2D eigenvalue weighted by Crippen LogP contribution is -2.46. The van der Waals surface area contributed by atoms with Gasteiger partial charge < -0.3 is 15.2 Å². The maximum absolute atomic E-state index is 9.53. The summed E-state index contributed by atoms with van der Waals surface area (Å²) in [4.78, 5) is 0. The molecule has 2 atom stereocenters. The van der Waals surface area contributed by atoms with Crippen molar-refractivity contribution in [3.05, 3.63) is 0 Å². The van der Waals surface area contributed by atoms with Crippen molar-refractivity contribution < 1.29 is 9.84 Å². The number of likely N-dealkylation sites (N-methyl/N-ethyl adjacent to an activating group) is 1. The molecule has 0 heterocycles. The van der Waals surface area contributed by atoms with Crippen LogP contribution in [0.15, 0.2) is 0 Å². The van der Waals surface area contributed by atoms with Gasteiger partial charge in [-0.05, 0) is 44.6 Å². The van der Waals surface area contributed by atoms with Crippen molar-refractivity contribution in [2.45, 2.75) is 63.5 Å². The summed E-state index contributed by atoms with van der Waals surface area (Å²) in [6.07, 6.45) is 8.96. The molecule has 2 aliphatic carbocycles. The monoisotopic (exact) mass is 241 g/mol. The molecule has 0 aromatic rings. The summed E-state index contributed by atoms with van der Waals surface area (Å²) >= 11 is 0. The van der Waals surface area contributed by atoms with Crippen LogP contribution in [0.4, 0.5) is 0 Å². The van der Waals surface area contributed by atoms with E-state index in [0.29, 0.717) is 6.10 Å². The molecular weight excluding hydrogens is 214 g/mol. The molecule has 0 saturated heterocycles. The molecule has 2 fully saturated rings. The maximum atomic E-state index is 9.53. The minimum Gasteiger partial charge on any atom is -0.394 e. The van der Waals surface area contributed by atoms with Gasteiger partial charge in [0.25, 0.3) is 0 Å². The van der Waals surface area contributed by atoms with E-state index in [2.05, 4.69) is 12.2 Å². The molecule has 100 valence electrons. The molecule has 2 saturated carbocycles. The van der Waals surface area contributed by atoms with Gasteiger partial charge in [0.15, 0.2) is 0 Å². The largest absolute Gasteiger partial charge is 0.394 e. The van der Waals surface area contributed by atoms with Gasteiger partial charge in [0.05, 0.1) is 12.7 Å². The zero-order chi connectivity index (χ0) is 12.1. The SMILES string of the molecule is CCNC1(CO)CCC(OCC2CCCC2)C1. The maximum Gasteiger partial charge on any atom is 0.0614 e. The third-order valence-corrected chi connectivity index (χ3v) is 4.46. The van der Waals surface area contributed by atoms with Crippen molar-refractivity contribution in [3.8, 4) is 0 Å². The van der Waals surface area contributed by atoms with E-state index in [1.807, 2.05) is 0 Å². The van der Waals surface area contributed by atoms with Crippen LogP contribution in [-0.2, 0) is 4.74 Å². The highest BCUT2D eigenvalue weighted by molar-refractivity contribution is 4.96. The molecule has 0 spiro atoms. The summed E-state index contributed by atoms with van der Waals surface area (Å²) in [5, 5.41) is 13.0. The smallest absolute Gasteiger partial charge is 0.0614 e. The van der Waals surface area contributed by atoms with Crippen LogP contribution in [0, 0.1) is 5.92 Å². The van der Waals surface area contributed by atoms with E-state index in [9.17, 15) is 5.11 Å². The van der Waals surface area contributed by atoms with Gasteiger partial charge in [-0.25, -0.2) is 0 Å². The van der Waals surface area contributed by atoms with Crippen LogP contribution in [0.5, 0.6) is 0 Å². The van der Waals surface area contributed by atoms with Crippen LogP contribution >= 0.6 is 0 Å². The number of hydrogen-bond acceptors (Lipinski definition) is 3. The average Bonchev–Trinajstić information content (AvgIpc) is 2.96. The molecule has 2 unspecified atom stereocenters. The summed E-state index contributed by atoms with van der Waals surface area (Å²) in [6, 6.07) is 0. The molecular formula is C14H27NO2. The molecule has 2 aliphatic rings. The van der Waals surface area contributed by atoms with E-state index in [4.69, 9.17) is 4.74 Å². The Kier molecular flexibility index (Phi) is 4.83. The topological polar surface area (TPSA) is 41.5 Å². The third-order valence-electron chi connectivity index (χ3n) is 4.46. The average molecular weight is 241 g/mol. The van der Waals surface area contributed by atoms with Crippen molar-refractivity contribution in [2.24, 2.45) is 5.92 Å². The Morgan fingerprint density at radius 2 is 2.06 bits per heavy atom. The Bertz CT molecular complexity index is 228. The normalized spacial score (nSPS) is 34.6. The van der Waals surface area contributed by atoms with Crippen molar-refractivity contribution in [2.75, 3.05) is 19.8 Å². The van der Waals surface area contributed by atoms with Crippen molar-refractivity contribution >= 4 is 0 Å². The number of aliphatic hydroxyl groups is 1. The predicted molar refractivity (Wildman–Crippen MR) is 69.0 cm³/mol. The van der Waals surface area contributed by atoms with E-state index in [-0.39, 0.29) is 12.1 Å². The Morgan fingerprint density at radius 3 is 2.71 bits per heavy atom. The predicted octanol–water partition coefficient (Wildman–Crippen LogP) is 2.09. The molecule has 2 rings (SSSR count). The number of hydrogen-bond donors (Lipinski definition) is 2. The molecule has 3 heteroatoms. The van der Waals surface area contributed by atoms with Gasteiger partial charge in [-0.2, -0.15) is 0 Å². The molecule has 0 aromatic carbocycles. The van der Waals surface area contributed by atoms with Gasteiger partial charge >= 0.3 is 0 Å². The molecule has 0 aromatic heterocycles. The Balaban J connectivity index is 1.72. The number of ether oxygens (including phenoxy) is 1. The van der Waals surface area contributed by atoms with E-state index in [0.717, 1.165) is 38.3 Å². The Morgan fingerprint density at radius 1 is 1.29 bits per heavy atom. The van der Waals surface area contributed by atoms with E-state index in [1.54, 1.807) is 0 Å². The second-order valence-corrected chi connectivity index (χ2v) is 5.82. The van der Waals surface area contributed by atoms with Crippen LogP contribution in [0.25, 0.3) is 0 Å². The first-order valence-electron chi connectivity index (χ1n) is 7.25. The fraction of sp³-hybridized carbons (Fsp3) is 1.00. The van der Waals surface area contributed by atoms with Gasteiger partial charge in [0, 0.05) is 12.1 Å². The van der Waals surface area contributed by atoms with Gasteiger partial charge in [-0.15, -0.1) is 0 Å². The summed E-state index contributed by atoms with van der Waals surface area (Å²) in [7, 11) is 0. The quantitative estimate of drug-likeness (QED) is 0.748. The Labute approximate surface area is 105 Å². The standard InChI is InChI=1S/C14H27NO2/c1-2-15-14(11-16)8-7-13(9-14)17-10-12-5-3-4-6-12/h12-13,15-16H,2-11H2,1H3. The lowest BCUT2D eigenvalue weighted by Gasteiger charge is -2.28. The lowest BCUT2D eigenvalue weighted by molar-refractivity contribution is 0.0261. The first-order chi connectivity index (χ1) is 8.28. The van der Waals surface area contributed by atoms with Crippen LogP contribution < -0.4 is 5.32 Å². The Hall–Kier alpha value is -0.120. The zero-order valence-corrected chi connectivity index (χ0v) is 11.1.